The topological polar surface area (TPSA) is 50.9 Å². The van der Waals surface area contributed by atoms with Crippen LogP contribution in [0, 0.1) is 5.92 Å². The molecule has 0 saturated heterocycles. The standard InChI is InChI=1S/C16H23N3/c1-10(2)7-13-9-16(19-17)14-8-12(11(3)4)5-6-15(14)18-13/h5-6,8-11H,7,17H2,1-4H3,(H,18,19). The Balaban J connectivity index is 2.56. The Bertz CT molecular complexity index is 573. The lowest BCUT2D eigenvalue weighted by molar-refractivity contribution is 0.637. The number of anilines is 1. The predicted molar refractivity (Wildman–Crippen MR) is 82.2 cm³/mol. The quantitative estimate of drug-likeness (QED) is 0.646. The SMILES string of the molecule is CC(C)Cc1cc(NN)c2cc(C(C)C)ccc2n1. The Morgan fingerprint density at radius 1 is 1.16 bits per heavy atom. The van der Waals surface area contributed by atoms with E-state index in [-0.39, 0.29) is 0 Å². The van der Waals surface area contributed by atoms with Crippen molar-refractivity contribution in [3.8, 4) is 0 Å². The summed E-state index contributed by atoms with van der Waals surface area (Å²) in [5.74, 6) is 6.76. The molecule has 3 heteroatoms. The lowest BCUT2D eigenvalue weighted by Crippen LogP contribution is -2.09. The molecule has 0 spiro atoms. The van der Waals surface area contributed by atoms with Gasteiger partial charge in [-0.05, 0) is 42.0 Å². The van der Waals surface area contributed by atoms with Gasteiger partial charge in [0.25, 0.3) is 0 Å². The zero-order valence-electron chi connectivity index (χ0n) is 12.2. The lowest BCUT2D eigenvalue weighted by atomic mass is 9.99. The van der Waals surface area contributed by atoms with Crippen LogP contribution in [-0.4, -0.2) is 4.98 Å². The number of nitrogens with one attached hydrogen (secondary N) is 1. The molecule has 2 aromatic rings. The number of nitrogens with zero attached hydrogens (tertiary/aromatic N) is 1. The van der Waals surface area contributed by atoms with Crippen LogP contribution < -0.4 is 11.3 Å². The molecule has 0 bridgehead atoms. The van der Waals surface area contributed by atoms with Crippen LogP contribution in [0.2, 0.25) is 0 Å². The van der Waals surface area contributed by atoms with Crippen molar-refractivity contribution < 1.29 is 0 Å². The van der Waals surface area contributed by atoms with Crippen molar-refractivity contribution >= 4 is 16.6 Å². The molecule has 1 heterocycles. The minimum absolute atomic E-state index is 0.505. The van der Waals surface area contributed by atoms with Gasteiger partial charge in [-0.1, -0.05) is 33.8 Å². The molecule has 0 aliphatic carbocycles. The smallest absolute Gasteiger partial charge is 0.0726 e. The Kier molecular flexibility index (Phi) is 4.05. The first-order valence-electron chi connectivity index (χ1n) is 6.91. The molecule has 0 aliphatic rings. The highest BCUT2D eigenvalue weighted by atomic mass is 15.2. The van der Waals surface area contributed by atoms with Crippen LogP contribution in [0.3, 0.4) is 0 Å². The molecule has 0 aliphatic heterocycles. The van der Waals surface area contributed by atoms with Crippen molar-refractivity contribution in [3.63, 3.8) is 0 Å². The summed E-state index contributed by atoms with van der Waals surface area (Å²) in [6.07, 6.45) is 0.969. The first-order chi connectivity index (χ1) is 9.01. The molecule has 0 saturated carbocycles. The lowest BCUT2D eigenvalue weighted by Gasteiger charge is -2.13. The minimum atomic E-state index is 0.505. The Morgan fingerprint density at radius 3 is 2.47 bits per heavy atom. The van der Waals surface area contributed by atoms with Gasteiger partial charge in [-0.25, -0.2) is 0 Å². The van der Waals surface area contributed by atoms with E-state index in [1.54, 1.807) is 0 Å². The Labute approximate surface area is 115 Å². The number of nitrogens with two attached hydrogens (primary N) is 1. The molecular formula is C16H23N3. The van der Waals surface area contributed by atoms with Gasteiger partial charge < -0.3 is 5.43 Å². The largest absolute Gasteiger partial charge is 0.323 e. The molecule has 102 valence electrons. The number of rotatable bonds is 4. The second-order valence-electron chi connectivity index (χ2n) is 5.83. The van der Waals surface area contributed by atoms with Gasteiger partial charge in [-0.3, -0.25) is 10.8 Å². The van der Waals surface area contributed by atoms with Gasteiger partial charge in [0.15, 0.2) is 0 Å². The fraction of sp³-hybridized carbons (Fsp3) is 0.438. The van der Waals surface area contributed by atoms with Crippen molar-refractivity contribution in [2.45, 2.75) is 40.0 Å². The predicted octanol–water partition coefficient (Wildman–Crippen LogP) is 3.84. The highest BCUT2D eigenvalue weighted by Crippen LogP contribution is 2.27. The fourth-order valence-electron chi connectivity index (χ4n) is 2.30. The number of hydrogen-bond acceptors (Lipinski definition) is 3. The van der Waals surface area contributed by atoms with Gasteiger partial charge in [0.05, 0.1) is 11.2 Å². The summed E-state index contributed by atoms with van der Waals surface area (Å²) in [5, 5.41) is 1.10. The van der Waals surface area contributed by atoms with E-state index in [1.165, 1.54) is 5.56 Å². The Hall–Kier alpha value is -1.61. The molecule has 0 radical (unpaired) electrons. The summed E-state index contributed by atoms with van der Waals surface area (Å²) >= 11 is 0. The summed E-state index contributed by atoms with van der Waals surface area (Å²) in [6.45, 7) is 8.78. The third-order valence-electron chi connectivity index (χ3n) is 3.33. The second kappa shape index (κ2) is 5.57. The van der Waals surface area contributed by atoms with Crippen LogP contribution in [0.15, 0.2) is 24.3 Å². The average molecular weight is 257 g/mol. The molecule has 3 nitrogen and oxygen atoms in total. The van der Waals surface area contributed by atoms with Crippen LogP contribution in [0.1, 0.15) is 44.9 Å². The van der Waals surface area contributed by atoms with Crippen molar-refractivity contribution in [1.82, 2.24) is 4.98 Å². The number of pyridine rings is 1. The third-order valence-corrected chi connectivity index (χ3v) is 3.33. The maximum absolute atomic E-state index is 5.66. The van der Waals surface area contributed by atoms with Gasteiger partial charge >= 0.3 is 0 Å². The van der Waals surface area contributed by atoms with Gasteiger partial charge in [0, 0.05) is 11.1 Å². The number of aromatic nitrogens is 1. The van der Waals surface area contributed by atoms with E-state index < -0.39 is 0 Å². The number of fused-ring (bicyclic) bond motifs is 1. The van der Waals surface area contributed by atoms with E-state index in [9.17, 15) is 0 Å². The summed E-state index contributed by atoms with van der Waals surface area (Å²) < 4.78 is 0. The monoisotopic (exact) mass is 257 g/mol. The fourth-order valence-corrected chi connectivity index (χ4v) is 2.30. The molecule has 0 amide bonds. The molecule has 0 unspecified atom stereocenters. The van der Waals surface area contributed by atoms with E-state index >= 15 is 0 Å². The highest BCUT2D eigenvalue weighted by Gasteiger charge is 2.08. The van der Waals surface area contributed by atoms with E-state index in [4.69, 9.17) is 10.8 Å². The molecular weight excluding hydrogens is 234 g/mol. The number of hydrogen-bond donors (Lipinski definition) is 2. The summed E-state index contributed by atoms with van der Waals surface area (Å²) in [5.41, 5.74) is 7.18. The summed E-state index contributed by atoms with van der Waals surface area (Å²) in [4.78, 5) is 4.73. The van der Waals surface area contributed by atoms with Gasteiger partial charge in [-0.2, -0.15) is 0 Å². The van der Waals surface area contributed by atoms with E-state index in [0.29, 0.717) is 11.8 Å². The normalized spacial score (nSPS) is 11.5. The van der Waals surface area contributed by atoms with E-state index in [0.717, 1.165) is 28.7 Å². The maximum Gasteiger partial charge on any atom is 0.0726 e. The molecule has 1 aromatic carbocycles. The van der Waals surface area contributed by atoms with Crippen molar-refractivity contribution in [1.29, 1.82) is 0 Å². The van der Waals surface area contributed by atoms with Crippen LogP contribution in [0.4, 0.5) is 5.69 Å². The Morgan fingerprint density at radius 2 is 1.89 bits per heavy atom. The third kappa shape index (κ3) is 3.04. The van der Waals surface area contributed by atoms with Gasteiger partial charge in [0.1, 0.15) is 0 Å². The van der Waals surface area contributed by atoms with E-state index in [1.807, 2.05) is 0 Å². The van der Waals surface area contributed by atoms with Crippen LogP contribution in [-0.2, 0) is 6.42 Å². The van der Waals surface area contributed by atoms with Crippen LogP contribution >= 0.6 is 0 Å². The number of hydrazine groups is 1. The molecule has 19 heavy (non-hydrogen) atoms. The first-order valence-corrected chi connectivity index (χ1v) is 6.91. The summed E-state index contributed by atoms with van der Waals surface area (Å²) in [7, 11) is 0. The molecule has 0 atom stereocenters. The van der Waals surface area contributed by atoms with Crippen molar-refractivity contribution in [3.05, 3.63) is 35.5 Å². The number of nitrogen functional groups attached to an aromatic ring is 1. The maximum atomic E-state index is 5.66. The summed E-state index contributed by atoms with van der Waals surface area (Å²) in [6, 6.07) is 8.49. The number of benzene rings is 1. The second-order valence-corrected chi connectivity index (χ2v) is 5.83. The van der Waals surface area contributed by atoms with Gasteiger partial charge in [-0.15, -0.1) is 0 Å². The first kappa shape index (κ1) is 13.8. The zero-order valence-corrected chi connectivity index (χ0v) is 12.2. The van der Waals surface area contributed by atoms with E-state index in [2.05, 4.69) is 57.4 Å². The molecule has 3 N–H and O–H groups in total. The van der Waals surface area contributed by atoms with Crippen molar-refractivity contribution in [2.24, 2.45) is 11.8 Å². The average Bonchev–Trinajstić information content (AvgIpc) is 2.36. The molecule has 2 rings (SSSR count). The van der Waals surface area contributed by atoms with Crippen LogP contribution in [0.25, 0.3) is 10.9 Å². The molecule has 1 aromatic heterocycles. The van der Waals surface area contributed by atoms with Crippen molar-refractivity contribution in [2.75, 3.05) is 5.43 Å². The molecule has 0 fully saturated rings. The van der Waals surface area contributed by atoms with Gasteiger partial charge in [0.2, 0.25) is 0 Å². The zero-order chi connectivity index (χ0) is 14.0. The highest BCUT2D eigenvalue weighted by molar-refractivity contribution is 5.91. The van der Waals surface area contributed by atoms with Crippen LogP contribution in [0.5, 0.6) is 0 Å². The minimum Gasteiger partial charge on any atom is -0.323 e.